The molecule has 1 heterocycles. The number of rotatable bonds is 2. The maximum atomic E-state index is 6.40. The lowest BCUT2D eigenvalue weighted by Gasteiger charge is -2.32. The molecule has 0 aromatic heterocycles. The fourth-order valence-electron chi connectivity index (χ4n) is 3.16. The van der Waals surface area contributed by atoms with E-state index in [2.05, 4.69) is 17.4 Å². The molecule has 5 heteroatoms. The van der Waals surface area contributed by atoms with Crippen LogP contribution in [-0.4, -0.2) is 5.50 Å². The lowest BCUT2D eigenvalue weighted by Crippen LogP contribution is -2.38. The average Bonchev–Trinajstić information content (AvgIpc) is 2.98. The molecule has 0 bridgehead atoms. The number of benzene rings is 1. The summed E-state index contributed by atoms with van der Waals surface area (Å²) in [6.45, 7) is 0. The topological polar surface area (TPSA) is 38.0 Å². The van der Waals surface area contributed by atoms with Crippen LogP contribution in [0.25, 0.3) is 0 Å². The Kier molecular flexibility index (Phi) is 3.73. The third-order valence-corrected chi connectivity index (χ3v) is 5.54. The fourth-order valence-corrected chi connectivity index (χ4v) is 4.58. The van der Waals surface area contributed by atoms with Gasteiger partial charge < -0.3 is 11.1 Å². The van der Waals surface area contributed by atoms with Crippen molar-refractivity contribution in [3.63, 3.8) is 0 Å². The van der Waals surface area contributed by atoms with Gasteiger partial charge in [-0.2, -0.15) is 0 Å². The minimum Gasteiger partial charge on any atom is -0.362 e. The van der Waals surface area contributed by atoms with Gasteiger partial charge in [-0.05, 0) is 30.5 Å². The largest absolute Gasteiger partial charge is 0.362 e. The van der Waals surface area contributed by atoms with Crippen LogP contribution >= 0.6 is 35.0 Å². The summed E-state index contributed by atoms with van der Waals surface area (Å²) in [5, 5.41) is 4.12. The van der Waals surface area contributed by atoms with E-state index >= 15 is 0 Å². The molecule has 19 heavy (non-hydrogen) atoms. The first kappa shape index (κ1) is 13.6. The molecule has 3 N–H and O–H groups in total. The second-order valence-corrected chi connectivity index (χ2v) is 7.32. The summed E-state index contributed by atoms with van der Waals surface area (Å²) in [5.74, 6) is 0. The van der Waals surface area contributed by atoms with E-state index in [1.165, 1.54) is 30.2 Å². The molecule has 102 valence electrons. The highest BCUT2D eigenvalue weighted by Gasteiger charge is 2.43. The normalized spacial score (nSPS) is 25.7. The van der Waals surface area contributed by atoms with Crippen LogP contribution in [-0.2, 0) is 5.41 Å². The van der Waals surface area contributed by atoms with Gasteiger partial charge in [0, 0.05) is 16.1 Å². The van der Waals surface area contributed by atoms with Gasteiger partial charge in [-0.25, -0.2) is 0 Å². The molecular weight excluding hydrogens is 299 g/mol. The molecule has 0 radical (unpaired) electrons. The standard InChI is InChI=1S/C14H16Cl2N2S/c15-10-5-3-9(4-6-10)14(7-1-2-8-14)11-12(16)19-13(17)18-11/h3-6,13,18H,1-2,7-8,17H2. The van der Waals surface area contributed by atoms with Crippen molar-refractivity contribution in [2.45, 2.75) is 36.6 Å². The van der Waals surface area contributed by atoms with E-state index in [0.29, 0.717) is 0 Å². The minimum absolute atomic E-state index is 0.0111. The average molecular weight is 315 g/mol. The molecule has 0 saturated heterocycles. The number of hydrogen-bond donors (Lipinski definition) is 2. The van der Waals surface area contributed by atoms with Crippen molar-refractivity contribution < 1.29 is 0 Å². The highest BCUT2D eigenvalue weighted by molar-refractivity contribution is 8.05. The Hall–Kier alpha value is -0.350. The molecule has 1 aromatic rings. The predicted octanol–water partition coefficient (Wildman–Crippen LogP) is 4.14. The van der Waals surface area contributed by atoms with Gasteiger partial charge in [0.05, 0.1) is 4.36 Å². The highest BCUT2D eigenvalue weighted by Crippen LogP contribution is 2.51. The summed E-state index contributed by atoms with van der Waals surface area (Å²) < 4.78 is 0.810. The van der Waals surface area contributed by atoms with E-state index < -0.39 is 0 Å². The second kappa shape index (κ2) is 5.21. The van der Waals surface area contributed by atoms with Crippen molar-refractivity contribution >= 4 is 35.0 Å². The van der Waals surface area contributed by atoms with E-state index in [0.717, 1.165) is 27.9 Å². The summed E-state index contributed by atoms with van der Waals surface area (Å²) in [4.78, 5) is 0. The van der Waals surface area contributed by atoms with Crippen molar-refractivity contribution in [3.05, 3.63) is 44.9 Å². The molecule has 1 aromatic carbocycles. The third kappa shape index (κ3) is 2.38. The van der Waals surface area contributed by atoms with Crippen molar-refractivity contribution in [3.8, 4) is 0 Å². The zero-order valence-electron chi connectivity index (χ0n) is 10.5. The van der Waals surface area contributed by atoms with Crippen LogP contribution in [0.4, 0.5) is 0 Å². The fraction of sp³-hybridized carbons (Fsp3) is 0.429. The van der Waals surface area contributed by atoms with Gasteiger partial charge in [-0.15, -0.1) is 0 Å². The Labute approximate surface area is 127 Å². The van der Waals surface area contributed by atoms with E-state index in [9.17, 15) is 0 Å². The predicted molar refractivity (Wildman–Crippen MR) is 83.2 cm³/mol. The molecule has 3 rings (SSSR count). The van der Waals surface area contributed by atoms with Crippen LogP contribution in [0.3, 0.4) is 0 Å². The summed E-state index contributed by atoms with van der Waals surface area (Å²) in [7, 11) is 0. The smallest absolute Gasteiger partial charge is 0.128 e. The number of thioether (sulfide) groups is 1. The van der Waals surface area contributed by atoms with Gasteiger partial charge in [-0.1, -0.05) is 59.9 Å². The van der Waals surface area contributed by atoms with Gasteiger partial charge in [0.2, 0.25) is 0 Å². The van der Waals surface area contributed by atoms with Gasteiger partial charge in [0.1, 0.15) is 5.50 Å². The van der Waals surface area contributed by atoms with Gasteiger partial charge >= 0.3 is 0 Å². The van der Waals surface area contributed by atoms with Crippen molar-refractivity contribution in [2.24, 2.45) is 5.73 Å². The van der Waals surface area contributed by atoms with E-state index in [-0.39, 0.29) is 10.9 Å². The Morgan fingerprint density at radius 3 is 2.32 bits per heavy atom. The summed E-state index contributed by atoms with van der Waals surface area (Å²) >= 11 is 13.9. The first-order valence-electron chi connectivity index (χ1n) is 6.47. The Balaban J connectivity index is 2.05. The maximum absolute atomic E-state index is 6.40. The first-order valence-corrected chi connectivity index (χ1v) is 8.10. The molecule has 1 unspecified atom stereocenters. The van der Waals surface area contributed by atoms with Crippen molar-refractivity contribution in [1.82, 2.24) is 5.32 Å². The van der Waals surface area contributed by atoms with E-state index in [1.807, 2.05) is 12.1 Å². The molecule has 2 nitrogen and oxygen atoms in total. The monoisotopic (exact) mass is 314 g/mol. The number of nitrogens with two attached hydrogens (primary N) is 1. The van der Waals surface area contributed by atoms with E-state index in [4.69, 9.17) is 28.9 Å². The molecule has 0 amide bonds. The SMILES string of the molecule is NC1NC(C2(c3ccc(Cl)cc3)CCCC2)=C(Cl)S1. The van der Waals surface area contributed by atoms with Crippen LogP contribution in [0.1, 0.15) is 31.2 Å². The number of hydrogen-bond acceptors (Lipinski definition) is 3. The van der Waals surface area contributed by atoms with Crippen molar-refractivity contribution in [2.75, 3.05) is 0 Å². The second-order valence-electron chi connectivity index (χ2n) is 5.13. The van der Waals surface area contributed by atoms with Gasteiger partial charge in [0.25, 0.3) is 0 Å². The van der Waals surface area contributed by atoms with Crippen LogP contribution in [0.15, 0.2) is 34.3 Å². The Morgan fingerprint density at radius 2 is 1.79 bits per heavy atom. The zero-order chi connectivity index (χ0) is 13.5. The molecule has 1 saturated carbocycles. The molecule has 2 aliphatic rings. The first-order chi connectivity index (χ1) is 9.12. The lowest BCUT2D eigenvalue weighted by molar-refractivity contribution is 0.481. The molecule has 1 fully saturated rings. The highest BCUT2D eigenvalue weighted by atomic mass is 35.5. The molecular formula is C14H16Cl2N2S. The minimum atomic E-state index is -0.132. The Bertz CT molecular complexity index is 507. The van der Waals surface area contributed by atoms with Gasteiger partial charge in [-0.3, -0.25) is 0 Å². The molecule has 0 spiro atoms. The van der Waals surface area contributed by atoms with Crippen LogP contribution in [0.2, 0.25) is 5.02 Å². The van der Waals surface area contributed by atoms with Crippen LogP contribution in [0, 0.1) is 0 Å². The van der Waals surface area contributed by atoms with E-state index in [1.54, 1.807) is 0 Å². The van der Waals surface area contributed by atoms with Crippen LogP contribution in [0.5, 0.6) is 0 Å². The number of allylic oxidation sites excluding steroid dienone is 1. The quantitative estimate of drug-likeness (QED) is 0.861. The lowest BCUT2D eigenvalue weighted by atomic mass is 9.76. The maximum Gasteiger partial charge on any atom is 0.128 e. The summed E-state index contributed by atoms with van der Waals surface area (Å²) in [6, 6.07) is 8.13. The summed E-state index contributed by atoms with van der Waals surface area (Å²) in [5.41, 5.74) is 8.19. The Morgan fingerprint density at radius 1 is 1.16 bits per heavy atom. The van der Waals surface area contributed by atoms with Crippen molar-refractivity contribution in [1.29, 1.82) is 0 Å². The molecule has 1 atom stereocenters. The number of halogens is 2. The zero-order valence-corrected chi connectivity index (χ0v) is 12.8. The molecule has 1 aliphatic heterocycles. The van der Waals surface area contributed by atoms with Gasteiger partial charge in [0.15, 0.2) is 0 Å². The number of nitrogens with one attached hydrogen (secondary N) is 1. The molecule has 1 aliphatic carbocycles. The third-order valence-electron chi connectivity index (χ3n) is 4.05. The summed E-state index contributed by atoms with van der Waals surface area (Å²) in [6.07, 6.45) is 4.66. The van der Waals surface area contributed by atoms with Crippen LogP contribution < -0.4 is 11.1 Å².